The summed E-state index contributed by atoms with van der Waals surface area (Å²) in [4.78, 5) is 6.71. The molecule has 1 atom stereocenters. The maximum Gasteiger partial charge on any atom is 0.245 e. The van der Waals surface area contributed by atoms with Crippen molar-refractivity contribution in [3.05, 3.63) is 78.5 Å². The Labute approximate surface area is 205 Å². The van der Waals surface area contributed by atoms with Crippen LogP contribution in [-0.4, -0.2) is 73.1 Å². The molecule has 3 aromatic carbocycles. The Morgan fingerprint density at radius 3 is 2.49 bits per heavy atom. The highest BCUT2D eigenvalue weighted by Gasteiger charge is 2.30. The van der Waals surface area contributed by atoms with Crippen LogP contribution in [0.15, 0.2) is 77.8 Å². The van der Waals surface area contributed by atoms with Gasteiger partial charge in [0.15, 0.2) is 0 Å². The highest BCUT2D eigenvalue weighted by Crippen LogP contribution is 2.26. The molecule has 1 saturated heterocycles. The minimum Gasteiger partial charge on any atom is -0.491 e. The summed E-state index contributed by atoms with van der Waals surface area (Å²) >= 11 is 0. The standard InChI is InChI=1S/C27H29N3O4S/c1-20-15-23-7-4-8-26(27(23)28-17-20)35(32,33)30-13-11-29(12-14-30)18-24(31)19-34-25-10-9-21-5-2-3-6-22(21)16-25/h2-10,15-17,24,31H,11-14,18-19H2,1H3. The number of ether oxygens (including phenoxy) is 1. The van der Waals surface area contributed by atoms with Crippen LogP contribution in [0, 0.1) is 6.92 Å². The second kappa shape index (κ2) is 9.91. The van der Waals surface area contributed by atoms with Gasteiger partial charge in [-0.15, -0.1) is 0 Å². The smallest absolute Gasteiger partial charge is 0.245 e. The fourth-order valence-electron chi connectivity index (χ4n) is 4.54. The van der Waals surface area contributed by atoms with Gasteiger partial charge in [-0.2, -0.15) is 4.31 Å². The molecule has 8 heteroatoms. The minimum atomic E-state index is -3.66. The van der Waals surface area contributed by atoms with Crippen LogP contribution in [0.5, 0.6) is 5.75 Å². The first-order valence-corrected chi connectivity index (χ1v) is 13.2. The molecule has 0 saturated carbocycles. The van der Waals surface area contributed by atoms with Crippen molar-refractivity contribution in [2.24, 2.45) is 0 Å². The van der Waals surface area contributed by atoms with Crippen molar-refractivity contribution in [1.29, 1.82) is 0 Å². The number of nitrogens with zero attached hydrogens (tertiary/aromatic N) is 3. The predicted octanol–water partition coefficient (Wildman–Crippen LogP) is 3.44. The molecule has 182 valence electrons. The second-order valence-corrected chi connectivity index (χ2v) is 10.9. The maximum atomic E-state index is 13.4. The summed E-state index contributed by atoms with van der Waals surface area (Å²) in [5.41, 5.74) is 1.49. The number of hydrogen-bond acceptors (Lipinski definition) is 6. The van der Waals surface area contributed by atoms with Gasteiger partial charge < -0.3 is 9.84 Å². The summed E-state index contributed by atoms with van der Waals surface area (Å²) in [7, 11) is -3.66. The zero-order valence-electron chi connectivity index (χ0n) is 19.7. The Bertz CT molecular complexity index is 1450. The molecular weight excluding hydrogens is 462 g/mol. The highest BCUT2D eigenvalue weighted by atomic mass is 32.2. The third kappa shape index (κ3) is 5.16. The normalized spacial score (nSPS) is 16.5. The molecule has 2 heterocycles. The summed E-state index contributed by atoms with van der Waals surface area (Å²) in [5, 5.41) is 13.6. The highest BCUT2D eigenvalue weighted by molar-refractivity contribution is 7.89. The molecule has 1 N–H and O–H groups in total. The Hall–Kier alpha value is -3.04. The quantitative estimate of drug-likeness (QED) is 0.427. The van der Waals surface area contributed by atoms with Gasteiger partial charge in [0.05, 0.1) is 5.52 Å². The van der Waals surface area contributed by atoms with E-state index in [0.717, 1.165) is 27.5 Å². The Kier molecular flexibility index (Phi) is 6.71. The van der Waals surface area contributed by atoms with E-state index in [9.17, 15) is 13.5 Å². The van der Waals surface area contributed by atoms with Crippen LogP contribution in [0.25, 0.3) is 21.7 Å². The van der Waals surface area contributed by atoms with Crippen molar-refractivity contribution in [3.63, 3.8) is 0 Å². The molecule has 1 fully saturated rings. The lowest BCUT2D eigenvalue weighted by atomic mass is 10.1. The molecule has 0 bridgehead atoms. The number of aliphatic hydroxyl groups is 1. The van der Waals surface area contributed by atoms with E-state index in [1.54, 1.807) is 18.3 Å². The molecule has 4 aromatic rings. The molecule has 0 amide bonds. The average Bonchev–Trinajstić information content (AvgIpc) is 2.87. The first kappa shape index (κ1) is 23.7. The summed E-state index contributed by atoms with van der Waals surface area (Å²) < 4.78 is 34.1. The molecule has 0 aliphatic carbocycles. The Morgan fingerprint density at radius 2 is 1.69 bits per heavy atom. The van der Waals surface area contributed by atoms with Crippen molar-refractivity contribution < 1.29 is 18.3 Å². The third-order valence-corrected chi connectivity index (χ3v) is 8.32. The van der Waals surface area contributed by atoms with Gasteiger partial charge in [-0.1, -0.05) is 42.5 Å². The van der Waals surface area contributed by atoms with Gasteiger partial charge in [-0.05, 0) is 47.5 Å². The Morgan fingerprint density at radius 1 is 0.943 bits per heavy atom. The van der Waals surface area contributed by atoms with Gasteiger partial charge in [0, 0.05) is 44.3 Å². The number of fused-ring (bicyclic) bond motifs is 2. The van der Waals surface area contributed by atoms with Gasteiger partial charge in [-0.25, -0.2) is 8.42 Å². The van der Waals surface area contributed by atoms with Crippen molar-refractivity contribution in [2.45, 2.75) is 17.9 Å². The molecule has 5 rings (SSSR count). The van der Waals surface area contributed by atoms with Crippen LogP contribution in [0.3, 0.4) is 0 Å². The average molecular weight is 492 g/mol. The fourth-order valence-corrected chi connectivity index (χ4v) is 6.13. The van der Waals surface area contributed by atoms with Crippen LogP contribution >= 0.6 is 0 Å². The summed E-state index contributed by atoms with van der Waals surface area (Å²) in [6.45, 7) is 4.36. The lowest BCUT2D eigenvalue weighted by molar-refractivity contribution is 0.0569. The van der Waals surface area contributed by atoms with Crippen molar-refractivity contribution >= 4 is 31.7 Å². The lowest BCUT2D eigenvalue weighted by Gasteiger charge is -2.35. The number of aryl methyl sites for hydroxylation is 1. The van der Waals surface area contributed by atoms with Gasteiger partial charge in [-0.3, -0.25) is 9.88 Å². The Balaban J connectivity index is 1.17. The molecular formula is C27H29N3O4S. The monoisotopic (exact) mass is 491 g/mol. The van der Waals surface area contributed by atoms with Crippen LogP contribution < -0.4 is 4.74 Å². The SMILES string of the molecule is Cc1cnc2c(S(=O)(=O)N3CCN(CC(O)COc4ccc5ccccc5c4)CC3)cccc2c1. The maximum absolute atomic E-state index is 13.4. The number of aliphatic hydroxyl groups excluding tert-OH is 1. The van der Waals surface area contributed by atoms with Crippen molar-refractivity contribution in [1.82, 2.24) is 14.2 Å². The first-order chi connectivity index (χ1) is 16.9. The van der Waals surface area contributed by atoms with Gasteiger partial charge in [0.1, 0.15) is 23.4 Å². The van der Waals surface area contributed by atoms with Gasteiger partial charge in [0.25, 0.3) is 0 Å². The first-order valence-electron chi connectivity index (χ1n) is 11.8. The fraction of sp³-hybridized carbons (Fsp3) is 0.296. The minimum absolute atomic E-state index is 0.179. The number of para-hydroxylation sites is 1. The van der Waals surface area contributed by atoms with E-state index in [1.807, 2.05) is 61.5 Å². The molecule has 7 nitrogen and oxygen atoms in total. The van der Waals surface area contributed by atoms with E-state index in [0.29, 0.717) is 38.2 Å². The summed E-state index contributed by atoms with van der Waals surface area (Å²) in [6.07, 6.45) is 1.02. The second-order valence-electron chi connectivity index (χ2n) is 9.02. The van der Waals surface area contributed by atoms with E-state index in [1.165, 1.54) is 4.31 Å². The molecule has 35 heavy (non-hydrogen) atoms. The van der Waals surface area contributed by atoms with E-state index >= 15 is 0 Å². The number of pyridine rings is 1. The van der Waals surface area contributed by atoms with Crippen LogP contribution in [0.1, 0.15) is 5.56 Å². The van der Waals surface area contributed by atoms with Crippen molar-refractivity contribution in [2.75, 3.05) is 39.3 Å². The number of β-amino-alcohol motifs (C(OH)–C–C–N with tert-alkyl or cyclic N) is 1. The zero-order chi connectivity index (χ0) is 24.4. The van der Waals surface area contributed by atoms with E-state index in [2.05, 4.69) is 9.88 Å². The number of aromatic nitrogens is 1. The zero-order valence-corrected chi connectivity index (χ0v) is 20.5. The molecule has 0 spiro atoms. The van der Waals surface area contributed by atoms with Crippen LogP contribution in [0.4, 0.5) is 0 Å². The van der Waals surface area contributed by atoms with Crippen LogP contribution in [-0.2, 0) is 10.0 Å². The molecule has 1 aliphatic heterocycles. The summed E-state index contributed by atoms with van der Waals surface area (Å²) in [5.74, 6) is 0.720. The summed E-state index contributed by atoms with van der Waals surface area (Å²) in [6, 6.07) is 21.1. The van der Waals surface area contributed by atoms with Crippen LogP contribution in [0.2, 0.25) is 0 Å². The number of piperazine rings is 1. The third-order valence-electron chi connectivity index (χ3n) is 6.39. The van der Waals surface area contributed by atoms with E-state index < -0.39 is 16.1 Å². The molecule has 0 radical (unpaired) electrons. The lowest BCUT2D eigenvalue weighted by Crippen LogP contribution is -2.50. The largest absolute Gasteiger partial charge is 0.491 e. The van der Waals surface area contributed by atoms with Crippen molar-refractivity contribution in [3.8, 4) is 5.75 Å². The molecule has 1 aliphatic rings. The number of rotatable bonds is 7. The molecule has 1 unspecified atom stereocenters. The predicted molar refractivity (Wildman–Crippen MR) is 137 cm³/mol. The van der Waals surface area contributed by atoms with Gasteiger partial charge >= 0.3 is 0 Å². The molecule has 1 aromatic heterocycles. The number of sulfonamides is 1. The van der Waals surface area contributed by atoms with E-state index in [-0.39, 0.29) is 11.5 Å². The van der Waals surface area contributed by atoms with Gasteiger partial charge in [0.2, 0.25) is 10.0 Å². The number of benzene rings is 3. The van der Waals surface area contributed by atoms with E-state index in [4.69, 9.17) is 4.74 Å². The number of hydrogen-bond donors (Lipinski definition) is 1. The topological polar surface area (TPSA) is 83.0 Å².